The van der Waals surface area contributed by atoms with Crippen molar-refractivity contribution in [1.29, 1.82) is 5.26 Å². The van der Waals surface area contributed by atoms with Crippen molar-refractivity contribution in [2.45, 2.75) is 11.5 Å². The fraction of sp³-hybridized carbons (Fsp3) is 0.0870. The van der Waals surface area contributed by atoms with E-state index >= 15 is 0 Å². The standard InChI is InChI=1S/C23H19N3O3S/c24-14-18-9-6-10-19(13-18)25-22(27)16-30-21-12-5-4-11-20(21)23(28)26-29-15-17-7-2-1-3-8-17/h1-13H,15-16H2,(H,25,27)(H,26,28). The highest BCUT2D eigenvalue weighted by Gasteiger charge is 2.13. The maximum atomic E-state index is 12.5. The van der Waals surface area contributed by atoms with Gasteiger partial charge in [0.1, 0.15) is 0 Å². The molecule has 7 heteroatoms. The number of thioether (sulfide) groups is 1. The zero-order valence-electron chi connectivity index (χ0n) is 16.0. The number of carbonyl (C=O) groups excluding carboxylic acids is 2. The molecule has 150 valence electrons. The van der Waals surface area contributed by atoms with Gasteiger partial charge in [-0.2, -0.15) is 5.26 Å². The first-order valence-corrected chi connectivity index (χ1v) is 10.1. The Balaban J connectivity index is 1.54. The fourth-order valence-corrected chi connectivity index (χ4v) is 3.45. The molecule has 0 unspecified atom stereocenters. The summed E-state index contributed by atoms with van der Waals surface area (Å²) in [6, 6.07) is 25.2. The van der Waals surface area contributed by atoms with Gasteiger partial charge in [-0.25, -0.2) is 5.48 Å². The van der Waals surface area contributed by atoms with E-state index in [1.54, 1.807) is 48.5 Å². The number of amides is 2. The molecule has 2 amide bonds. The summed E-state index contributed by atoms with van der Waals surface area (Å²) < 4.78 is 0. The van der Waals surface area contributed by atoms with Gasteiger partial charge >= 0.3 is 0 Å². The van der Waals surface area contributed by atoms with Crippen molar-refractivity contribution < 1.29 is 14.4 Å². The molecule has 0 heterocycles. The first kappa shape index (κ1) is 21.1. The minimum atomic E-state index is -0.379. The van der Waals surface area contributed by atoms with E-state index in [4.69, 9.17) is 10.1 Å². The van der Waals surface area contributed by atoms with Gasteiger partial charge in [-0.1, -0.05) is 48.5 Å². The Labute approximate surface area is 178 Å². The van der Waals surface area contributed by atoms with Gasteiger partial charge in [0.15, 0.2) is 0 Å². The van der Waals surface area contributed by atoms with Crippen molar-refractivity contribution in [2.24, 2.45) is 0 Å². The quantitative estimate of drug-likeness (QED) is 0.424. The zero-order chi connectivity index (χ0) is 21.2. The SMILES string of the molecule is N#Cc1cccc(NC(=O)CSc2ccccc2C(=O)NOCc2ccccc2)c1. The molecule has 0 radical (unpaired) electrons. The Morgan fingerprint density at radius 3 is 2.53 bits per heavy atom. The number of carbonyl (C=O) groups is 2. The number of nitrogens with one attached hydrogen (secondary N) is 2. The Bertz CT molecular complexity index is 1060. The summed E-state index contributed by atoms with van der Waals surface area (Å²) in [6.07, 6.45) is 0. The lowest BCUT2D eigenvalue weighted by molar-refractivity contribution is -0.113. The number of benzene rings is 3. The molecule has 3 rings (SSSR count). The molecule has 3 aromatic carbocycles. The second-order valence-electron chi connectivity index (χ2n) is 6.23. The molecule has 0 atom stereocenters. The third-order valence-corrected chi connectivity index (χ3v) is 5.09. The van der Waals surface area contributed by atoms with E-state index < -0.39 is 0 Å². The van der Waals surface area contributed by atoms with E-state index in [1.807, 2.05) is 36.4 Å². The van der Waals surface area contributed by atoms with Crippen LogP contribution >= 0.6 is 11.8 Å². The Hall–Kier alpha value is -3.60. The second kappa shape index (κ2) is 10.8. The summed E-state index contributed by atoms with van der Waals surface area (Å²) in [5.74, 6) is -0.492. The lowest BCUT2D eigenvalue weighted by Crippen LogP contribution is -2.24. The Morgan fingerprint density at radius 2 is 1.73 bits per heavy atom. The van der Waals surface area contributed by atoms with Crippen LogP contribution in [0.5, 0.6) is 0 Å². The summed E-state index contributed by atoms with van der Waals surface area (Å²) in [6.45, 7) is 0.256. The number of hydrogen-bond acceptors (Lipinski definition) is 5. The summed E-state index contributed by atoms with van der Waals surface area (Å²) in [5, 5.41) is 11.7. The van der Waals surface area contributed by atoms with Gasteiger partial charge in [-0.3, -0.25) is 14.4 Å². The predicted molar refractivity (Wildman–Crippen MR) is 116 cm³/mol. The van der Waals surface area contributed by atoms with Gasteiger partial charge < -0.3 is 5.32 Å². The largest absolute Gasteiger partial charge is 0.325 e. The maximum absolute atomic E-state index is 12.5. The van der Waals surface area contributed by atoms with Crippen molar-refractivity contribution in [1.82, 2.24) is 5.48 Å². The van der Waals surface area contributed by atoms with Crippen LogP contribution in [0.4, 0.5) is 5.69 Å². The van der Waals surface area contributed by atoms with Gasteiger partial charge in [0.2, 0.25) is 5.91 Å². The van der Waals surface area contributed by atoms with Crippen molar-refractivity contribution in [3.05, 3.63) is 95.6 Å². The number of rotatable bonds is 8. The summed E-state index contributed by atoms with van der Waals surface area (Å²) in [7, 11) is 0. The van der Waals surface area contributed by atoms with Gasteiger partial charge in [0.25, 0.3) is 5.91 Å². The molecule has 0 bridgehead atoms. The number of nitriles is 1. The number of nitrogens with zero attached hydrogens (tertiary/aromatic N) is 1. The molecule has 30 heavy (non-hydrogen) atoms. The van der Waals surface area contributed by atoms with E-state index in [0.717, 1.165) is 5.56 Å². The lowest BCUT2D eigenvalue weighted by atomic mass is 10.2. The van der Waals surface area contributed by atoms with Crippen LogP contribution in [0.1, 0.15) is 21.5 Å². The van der Waals surface area contributed by atoms with E-state index in [0.29, 0.717) is 21.7 Å². The smallest absolute Gasteiger partial charge is 0.275 e. The monoisotopic (exact) mass is 417 g/mol. The molecule has 0 aromatic heterocycles. The van der Waals surface area contributed by atoms with Crippen LogP contribution in [0.2, 0.25) is 0 Å². The molecule has 0 aliphatic carbocycles. The normalized spacial score (nSPS) is 10.1. The van der Waals surface area contributed by atoms with Crippen molar-refractivity contribution in [2.75, 3.05) is 11.1 Å². The van der Waals surface area contributed by atoms with Crippen LogP contribution in [0.3, 0.4) is 0 Å². The Morgan fingerprint density at radius 1 is 0.967 bits per heavy atom. The molecule has 0 aliphatic heterocycles. The average molecular weight is 417 g/mol. The molecule has 0 saturated heterocycles. The third kappa shape index (κ3) is 6.21. The third-order valence-electron chi connectivity index (χ3n) is 4.01. The summed E-state index contributed by atoms with van der Waals surface area (Å²) >= 11 is 1.25. The van der Waals surface area contributed by atoms with Crippen molar-refractivity contribution in [3.63, 3.8) is 0 Å². The van der Waals surface area contributed by atoms with Gasteiger partial charge in [0, 0.05) is 10.6 Å². The molecule has 0 aliphatic rings. The van der Waals surface area contributed by atoms with Crippen LogP contribution < -0.4 is 10.8 Å². The van der Waals surface area contributed by atoms with Gasteiger partial charge in [0.05, 0.1) is 29.6 Å². The number of anilines is 1. The van der Waals surface area contributed by atoms with Crippen molar-refractivity contribution in [3.8, 4) is 6.07 Å². The molecule has 0 saturated carbocycles. The first-order chi connectivity index (χ1) is 14.7. The van der Waals surface area contributed by atoms with E-state index in [-0.39, 0.29) is 24.2 Å². The highest BCUT2D eigenvalue weighted by Crippen LogP contribution is 2.23. The minimum absolute atomic E-state index is 0.117. The van der Waals surface area contributed by atoms with E-state index in [1.165, 1.54) is 11.8 Å². The van der Waals surface area contributed by atoms with Crippen LogP contribution in [-0.2, 0) is 16.2 Å². The first-order valence-electron chi connectivity index (χ1n) is 9.13. The Kier molecular flexibility index (Phi) is 7.61. The van der Waals surface area contributed by atoms with Crippen LogP contribution in [-0.4, -0.2) is 17.6 Å². The van der Waals surface area contributed by atoms with Crippen LogP contribution in [0.25, 0.3) is 0 Å². The highest BCUT2D eigenvalue weighted by atomic mass is 32.2. The molecule has 0 spiro atoms. The second-order valence-corrected chi connectivity index (χ2v) is 7.25. The molecule has 0 fully saturated rings. The molecule has 3 aromatic rings. The van der Waals surface area contributed by atoms with Gasteiger partial charge in [-0.15, -0.1) is 11.8 Å². The van der Waals surface area contributed by atoms with Crippen molar-refractivity contribution >= 4 is 29.3 Å². The molecular formula is C23H19N3O3S. The summed E-state index contributed by atoms with van der Waals surface area (Å²) in [4.78, 5) is 30.7. The van der Waals surface area contributed by atoms with Crippen LogP contribution in [0, 0.1) is 11.3 Å². The van der Waals surface area contributed by atoms with E-state index in [9.17, 15) is 9.59 Å². The number of hydrogen-bond donors (Lipinski definition) is 2. The minimum Gasteiger partial charge on any atom is -0.325 e. The fourth-order valence-electron chi connectivity index (χ4n) is 2.60. The highest BCUT2D eigenvalue weighted by molar-refractivity contribution is 8.00. The topological polar surface area (TPSA) is 91.2 Å². The lowest BCUT2D eigenvalue weighted by Gasteiger charge is -2.10. The van der Waals surface area contributed by atoms with Crippen LogP contribution in [0.15, 0.2) is 83.8 Å². The average Bonchev–Trinajstić information content (AvgIpc) is 2.78. The summed E-state index contributed by atoms with van der Waals surface area (Å²) in [5.41, 5.74) is 4.84. The molecule has 2 N–H and O–H groups in total. The van der Waals surface area contributed by atoms with Gasteiger partial charge in [-0.05, 0) is 35.9 Å². The zero-order valence-corrected chi connectivity index (χ0v) is 16.8. The molecular weight excluding hydrogens is 398 g/mol. The van der Waals surface area contributed by atoms with E-state index in [2.05, 4.69) is 10.8 Å². The predicted octanol–water partition coefficient (Wildman–Crippen LogP) is 4.15. The number of hydroxylamine groups is 1. The maximum Gasteiger partial charge on any atom is 0.275 e. The molecule has 6 nitrogen and oxygen atoms in total.